The highest BCUT2D eigenvalue weighted by Crippen LogP contribution is 2.23. The number of nitrogens with zero attached hydrogens (tertiary/aromatic N) is 3. The van der Waals surface area contributed by atoms with Crippen LogP contribution in [-0.4, -0.2) is 33.3 Å². The molecule has 150 valence electrons. The summed E-state index contributed by atoms with van der Waals surface area (Å²) in [7, 11) is 1.28. The largest absolute Gasteiger partial charge is 0.465 e. The van der Waals surface area contributed by atoms with Gasteiger partial charge in [0.1, 0.15) is 11.4 Å². The van der Waals surface area contributed by atoms with Crippen molar-refractivity contribution < 1.29 is 18.7 Å². The van der Waals surface area contributed by atoms with Crippen LogP contribution in [0.3, 0.4) is 0 Å². The summed E-state index contributed by atoms with van der Waals surface area (Å²) >= 11 is 0. The van der Waals surface area contributed by atoms with Gasteiger partial charge in [-0.05, 0) is 48.5 Å². The molecule has 0 radical (unpaired) electrons. The van der Waals surface area contributed by atoms with Gasteiger partial charge in [-0.2, -0.15) is 5.10 Å². The van der Waals surface area contributed by atoms with Crippen LogP contribution in [-0.2, 0) is 4.74 Å². The van der Waals surface area contributed by atoms with Gasteiger partial charge in [0.25, 0.3) is 5.91 Å². The molecule has 0 unspecified atom stereocenters. The van der Waals surface area contributed by atoms with Crippen LogP contribution in [0.4, 0.5) is 10.1 Å². The first-order chi connectivity index (χ1) is 14.6. The summed E-state index contributed by atoms with van der Waals surface area (Å²) in [5.74, 6) is -0.910. The molecule has 4 aromatic rings. The molecular weight excluding hydrogens is 387 g/mol. The number of carbonyl (C=O) groups excluding carboxylic acids is 2. The minimum Gasteiger partial charge on any atom is -0.465 e. The molecule has 7 nitrogen and oxygen atoms in total. The van der Waals surface area contributed by atoms with Crippen molar-refractivity contribution in [3.63, 3.8) is 0 Å². The van der Waals surface area contributed by atoms with Gasteiger partial charge in [-0.25, -0.2) is 13.9 Å². The van der Waals surface area contributed by atoms with Crippen molar-refractivity contribution in [2.24, 2.45) is 0 Å². The van der Waals surface area contributed by atoms with E-state index in [1.165, 1.54) is 25.4 Å². The van der Waals surface area contributed by atoms with Crippen LogP contribution in [0.2, 0.25) is 0 Å². The number of hydrogen-bond donors (Lipinski definition) is 1. The average Bonchev–Trinajstić information content (AvgIpc) is 3.44. The van der Waals surface area contributed by atoms with Gasteiger partial charge in [0.2, 0.25) is 0 Å². The minimum absolute atomic E-state index is 0.238. The summed E-state index contributed by atoms with van der Waals surface area (Å²) in [6.45, 7) is 0. The maximum Gasteiger partial charge on any atom is 0.339 e. The molecule has 30 heavy (non-hydrogen) atoms. The molecular formula is C22H17FN4O3. The number of benzene rings is 2. The third-order valence-corrected chi connectivity index (χ3v) is 4.49. The number of esters is 1. The summed E-state index contributed by atoms with van der Waals surface area (Å²) in [6.07, 6.45) is 4.97. The van der Waals surface area contributed by atoms with E-state index in [1.54, 1.807) is 58.0 Å². The molecule has 0 saturated heterocycles. The van der Waals surface area contributed by atoms with E-state index in [0.717, 1.165) is 0 Å². The molecule has 0 aliphatic heterocycles. The Labute approximate surface area is 171 Å². The lowest BCUT2D eigenvalue weighted by molar-refractivity contribution is 0.0602. The van der Waals surface area contributed by atoms with Crippen LogP contribution in [0, 0.1) is 5.82 Å². The first kappa shape index (κ1) is 19.1. The van der Waals surface area contributed by atoms with Crippen LogP contribution < -0.4 is 5.32 Å². The Morgan fingerprint density at radius 1 is 0.967 bits per heavy atom. The number of amides is 1. The van der Waals surface area contributed by atoms with E-state index in [1.807, 2.05) is 12.1 Å². The molecule has 1 N–H and O–H groups in total. The molecule has 2 heterocycles. The van der Waals surface area contributed by atoms with Gasteiger partial charge in [-0.1, -0.05) is 12.1 Å². The van der Waals surface area contributed by atoms with Crippen molar-refractivity contribution in [3.8, 4) is 11.5 Å². The number of para-hydroxylation sites is 1. The van der Waals surface area contributed by atoms with Crippen LogP contribution >= 0.6 is 0 Å². The van der Waals surface area contributed by atoms with E-state index in [9.17, 15) is 14.0 Å². The summed E-state index contributed by atoms with van der Waals surface area (Å²) in [4.78, 5) is 25.1. The highest BCUT2D eigenvalue weighted by Gasteiger charge is 2.22. The normalized spacial score (nSPS) is 10.6. The van der Waals surface area contributed by atoms with Gasteiger partial charge in [0.15, 0.2) is 5.82 Å². The van der Waals surface area contributed by atoms with E-state index in [0.29, 0.717) is 17.2 Å². The Kier molecular flexibility index (Phi) is 5.13. The van der Waals surface area contributed by atoms with E-state index in [-0.39, 0.29) is 16.9 Å². The van der Waals surface area contributed by atoms with Gasteiger partial charge in [0, 0.05) is 12.4 Å². The van der Waals surface area contributed by atoms with Crippen LogP contribution in [0.25, 0.3) is 11.5 Å². The van der Waals surface area contributed by atoms with E-state index in [2.05, 4.69) is 10.4 Å². The fraction of sp³-hybridized carbons (Fsp3) is 0.0455. The average molecular weight is 404 g/mol. The Balaban J connectivity index is 1.76. The van der Waals surface area contributed by atoms with Crippen molar-refractivity contribution in [1.29, 1.82) is 0 Å². The Morgan fingerprint density at radius 3 is 2.37 bits per heavy atom. The third-order valence-electron chi connectivity index (χ3n) is 4.49. The SMILES string of the molecule is COC(=O)c1ccccc1NC(=O)c1cnn(-c2ccc(F)cc2)c1-n1cccc1. The number of hydrogen-bond acceptors (Lipinski definition) is 4. The van der Waals surface area contributed by atoms with Crippen molar-refractivity contribution in [2.75, 3.05) is 12.4 Å². The number of halogens is 1. The molecule has 0 spiro atoms. The van der Waals surface area contributed by atoms with Crippen molar-refractivity contribution in [2.45, 2.75) is 0 Å². The fourth-order valence-electron chi connectivity index (χ4n) is 3.07. The van der Waals surface area contributed by atoms with E-state index < -0.39 is 11.9 Å². The number of carbonyl (C=O) groups is 2. The fourth-order valence-corrected chi connectivity index (χ4v) is 3.07. The van der Waals surface area contributed by atoms with Gasteiger partial charge >= 0.3 is 5.97 Å². The second-order valence-electron chi connectivity index (χ2n) is 6.35. The first-order valence-electron chi connectivity index (χ1n) is 9.04. The quantitative estimate of drug-likeness (QED) is 0.513. The number of nitrogens with one attached hydrogen (secondary N) is 1. The molecule has 0 saturated carbocycles. The van der Waals surface area contributed by atoms with E-state index >= 15 is 0 Å². The van der Waals surface area contributed by atoms with Crippen molar-refractivity contribution >= 4 is 17.6 Å². The molecule has 4 rings (SSSR count). The lowest BCUT2D eigenvalue weighted by Gasteiger charge is -2.12. The second kappa shape index (κ2) is 8.04. The van der Waals surface area contributed by atoms with Crippen LogP contribution in [0.5, 0.6) is 0 Å². The van der Waals surface area contributed by atoms with Crippen molar-refractivity contribution in [1.82, 2.24) is 14.3 Å². The molecule has 0 aliphatic carbocycles. The maximum absolute atomic E-state index is 13.3. The highest BCUT2D eigenvalue weighted by molar-refractivity contribution is 6.09. The van der Waals surface area contributed by atoms with Gasteiger partial charge in [-0.3, -0.25) is 4.79 Å². The Morgan fingerprint density at radius 2 is 1.67 bits per heavy atom. The Bertz CT molecular complexity index is 1200. The molecule has 0 aliphatic rings. The summed E-state index contributed by atoms with van der Waals surface area (Å²) in [5.41, 5.74) is 1.42. The zero-order chi connectivity index (χ0) is 21.1. The molecule has 0 atom stereocenters. The second-order valence-corrected chi connectivity index (χ2v) is 6.35. The summed E-state index contributed by atoms with van der Waals surface area (Å²) in [5, 5.41) is 7.08. The minimum atomic E-state index is -0.557. The standard InChI is InChI=1S/C22H17FN4O3/c1-30-22(29)17-6-2-3-7-19(17)25-20(28)18-14-24-27(16-10-8-15(23)9-11-16)21(18)26-12-4-5-13-26/h2-14H,1H3,(H,25,28). The lowest BCUT2D eigenvalue weighted by atomic mass is 10.1. The molecule has 1 amide bonds. The number of anilines is 1. The highest BCUT2D eigenvalue weighted by atomic mass is 19.1. The summed E-state index contributed by atoms with van der Waals surface area (Å²) < 4.78 is 21.4. The van der Waals surface area contributed by atoms with Gasteiger partial charge in [0.05, 0.1) is 30.2 Å². The number of aromatic nitrogens is 3. The molecule has 8 heteroatoms. The molecule has 0 bridgehead atoms. The monoisotopic (exact) mass is 404 g/mol. The van der Waals surface area contributed by atoms with E-state index in [4.69, 9.17) is 4.74 Å². The van der Waals surface area contributed by atoms with Crippen molar-refractivity contribution in [3.05, 3.63) is 96.2 Å². The smallest absolute Gasteiger partial charge is 0.339 e. The predicted molar refractivity (Wildman–Crippen MR) is 109 cm³/mol. The number of methoxy groups -OCH3 is 1. The summed E-state index contributed by atoms with van der Waals surface area (Å²) in [6, 6.07) is 16.0. The van der Waals surface area contributed by atoms with Crippen LogP contribution in [0.1, 0.15) is 20.7 Å². The maximum atomic E-state index is 13.3. The number of ether oxygens (including phenoxy) is 1. The van der Waals surface area contributed by atoms with Crippen LogP contribution in [0.15, 0.2) is 79.3 Å². The predicted octanol–water partition coefficient (Wildman–Crippen LogP) is 3.84. The zero-order valence-electron chi connectivity index (χ0n) is 15.9. The third kappa shape index (κ3) is 3.58. The molecule has 0 fully saturated rings. The van der Waals surface area contributed by atoms with Gasteiger partial charge in [-0.15, -0.1) is 0 Å². The molecule has 2 aromatic carbocycles. The van der Waals surface area contributed by atoms with Gasteiger partial charge < -0.3 is 14.6 Å². The lowest BCUT2D eigenvalue weighted by Crippen LogP contribution is -2.17. The zero-order valence-corrected chi connectivity index (χ0v) is 15.9. The number of rotatable bonds is 5. The Hall–Kier alpha value is -4.20. The topological polar surface area (TPSA) is 78.2 Å². The first-order valence-corrected chi connectivity index (χ1v) is 9.04. The molecule has 2 aromatic heterocycles.